The van der Waals surface area contributed by atoms with Crippen LogP contribution in [-0.4, -0.2) is 65.3 Å². The van der Waals surface area contributed by atoms with Crippen molar-refractivity contribution in [2.24, 2.45) is 0 Å². The summed E-state index contributed by atoms with van der Waals surface area (Å²) < 4.78 is 12.1. The van der Waals surface area contributed by atoms with E-state index in [1.807, 2.05) is 53.1 Å². The Morgan fingerprint density at radius 3 is 1.79 bits per heavy atom. The monoisotopic (exact) mass is 588 g/mol. The highest BCUT2D eigenvalue weighted by Gasteiger charge is 2.19. The van der Waals surface area contributed by atoms with Crippen LogP contribution in [-0.2, 0) is 14.3 Å². The molecule has 2 aliphatic heterocycles. The Bertz CT molecular complexity index is 1210. The van der Waals surface area contributed by atoms with Crippen LogP contribution in [0.1, 0.15) is 88.7 Å². The van der Waals surface area contributed by atoms with E-state index in [1.165, 1.54) is 32.1 Å². The average Bonchev–Trinajstić information content (AvgIpc) is 3.05. The SMILES string of the molecule is CC(Oc1ccccc1/C=C/C(=O)N1CCCCC1)OC1CCCCC1.O=C(/C=C/c1ccccc1O)N1CCCCC1. The van der Waals surface area contributed by atoms with Gasteiger partial charge in [0.2, 0.25) is 11.8 Å². The third kappa shape index (κ3) is 10.9. The highest BCUT2D eigenvalue weighted by molar-refractivity contribution is 5.92. The Balaban J connectivity index is 0.000000215. The Hall–Kier alpha value is -3.58. The van der Waals surface area contributed by atoms with Gasteiger partial charge in [-0.1, -0.05) is 55.7 Å². The van der Waals surface area contributed by atoms with Gasteiger partial charge in [-0.05, 0) is 82.6 Å². The van der Waals surface area contributed by atoms with Crippen LogP contribution < -0.4 is 4.74 Å². The molecule has 232 valence electrons. The van der Waals surface area contributed by atoms with Crippen molar-refractivity contribution < 1.29 is 24.2 Å². The van der Waals surface area contributed by atoms with Crippen molar-refractivity contribution in [2.75, 3.05) is 26.2 Å². The van der Waals surface area contributed by atoms with Crippen LogP contribution in [0.15, 0.2) is 60.7 Å². The molecule has 5 rings (SSSR count). The molecule has 2 saturated heterocycles. The molecule has 2 amide bonds. The van der Waals surface area contributed by atoms with E-state index < -0.39 is 0 Å². The molecule has 1 aliphatic carbocycles. The molecule has 0 bridgehead atoms. The Morgan fingerprint density at radius 2 is 1.21 bits per heavy atom. The van der Waals surface area contributed by atoms with Crippen LogP contribution in [0.25, 0.3) is 12.2 Å². The molecule has 1 atom stereocenters. The molecule has 0 aromatic heterocycles. The van der Waals surface area contributed by atoms with Gasteiger partial charge in [-0.2, -0.15) is 0 Å². The number of nitrogens with zero attached hydrogens (tertiary/aromatic N) is 2. The lowest BCUT2D eigenvalue weighted by Gasteiger charge is -2.26. The van der Waals surface area contributed by atoms with E-state index in [-0.39, 0.29) is 23.9 Å². The molecule has 7 heteroatoms. The quantitative estimate of drug-likeness (QED) is 0.261. The van der Waals surface area contributed by atoms with Crippen molar-refractivity contribution in [3.63, 3.8) is 0 Å². The zero-order chi connectivity index (χ0) is 30.3. The number of phenolic OH excluding ortho intramolecular Hbond substituents is 1. The highest BCUT2D eigenvalue weighted by Crippen LogP contribution is 2.25. The predicted octanol–water partition coefficient (Wildman–Crippen LogP) is 7.20. The lowest BCUT2D eigenvalue weighted by Crippen LogP contribution is -2.34. The van der Waals surface area contributed by atoms with E-state index in [9.17, 15) is 14.7 Å². The van der Waals surface area contributed by atoms with Crippen molar-refractivity contribution >= 4 is 24.0 Å². The first-order valence-corrected chi connectivity index (χ1v) is 16.1. The Morgan fingerprint density at radius 1 is 0.721 bits per heavy atom. The fourth-order valence-corrected chi connectivity index (χ4v) is 5.79. The minimum absolute atomic E-state index is 0.0351. The van der Waals surface area contributed by atoms with Gasteiger partial charge in [0.15, 0.2) is 6.29 Å². The summed E-state index contributed by atoms with van der Waals surface area (Å²) in [6.07, 6.45) is 19.7. The summed E-state index contributed by atoms with van der Waals surface area (Å²) in [6, 6.07) is 14.8. The molecule has 1 unspecified atom stereocenters. The molecular formula is C36H48N2O5. The second-order valence-electron chi connectivity index (χ2n) is 11.6. The third-order valence-corrected chi connectivity index (χ3v) is 8.23. The first-order chi connectivity index (χ1) is 21.0. The zero-order valence-electron chi connectivity index (χ0n) is 25.7. The average molecular weight is 589 g/mol. The van der Waals surface area contributed by atoms with Crippen molar-refractivity contribution in [3.05, 3.63) is 71.8 Å². The zero-order valence-corrected chi connectivity index (χ0v) is 25.7. The molecule has 3 fully saturated rings. The summed E-state index contributed by atoms with van der Waals surface area (Å²) >= 11 is 0. The molecule has 1 saturated carbocycles. The van der Waals surface area contributed by atoms with Gasteiger partial charge >= 0.3 is 0 Å². The largest absolute Gasteiger partial charge is 0.507 e. The highest BCUT2D eigenvalue weighted by atomic mass is 16.7. The molecule has 7 nitrogen and oxygen atoms in total. The number of aromatic hydroxyl groups is 1. The van der Waals surface area contributed by atoms with Gasteiger partial charge in [0, 0.05) is 49.5 Å². The summed E-state index contributed by atoms with van der Waals surface area (Å²) in [6.45, 7) is 5.39. The van der Waals surface area contributed by atoms with Gasteiger partial charge in [0.05, 0.1) is 6.10 Å². The number of benzene rings is 2. The second-order valence-corrected chi connectivity index (χ2v) is 11.6. The van der Waals surface area contributed by atoms with Crippen molar-refractivity contribution in [2.45, 2.75) is 89.9 Å². The number of carbonyl (C=O) groups excluding carboxylic acids is 2. The van der Waals surface area contributed by atoms with Gasteiger partial charge in [-0.25, -0.2) is 0 Å². The molecule has 2 aromatic carbocycles. The maximum absolute atomic E-state index is 12.3. The molecule has 2 aromatic rings. The van der Waals surface area contributed by atoms with Crippen LogP contribution in [0.2, 0.25) is 0 Å². The lowest BCUT2D eigenvalue weighted by atomic mass is 9.98. The number of ether oxygens (including phenoxy) is 2. The number of hydrogen-bond donors (Lipinski definition) is 1. The van der Waals surface area contributed by atoms with Crippen molar-refractivity contribution in [1.82, 2.24) is 9.80 Å². The Kier molecular flexibility index (Phi) is 13.2. The van der Waals surface area contributed by atoms with Crippen LogP contribution in [0, 0.1) is 0 Å². The van der Waals surface area contributed by atoms with Gasteiger partial charge in [0.1, 0.15) is 11.5 Å². The normalized spacial score (nSPS) is 18.7. The second kappa shape index (κ2) is 17.5. The maximum atomic E-state index is 12.3. The number of carbonyl (C=O) groups is 2. The number of para-hydroxylation sites is 2. The molecule has 43 heavy (non-hydrogen) atoms. The number of likely N-dealkylation sites (tertiary alicyclic amines) is 2. The van der Waals surface area contributed by atoms with E-state index in [0.717, 1.165) is 76.0 Å². The van der Waals surface area contributed by atoms with Gasteiger partial charge in [0.25, 0.3) is 0 Å². The molecule has 3 aliphatic rings. The first kappa shape index (κ1) is 32.3. The van der Waals surface area contributed by atoms with E-state index >= 15 is 0 Å². The number of hydrogen-bond acceptors (Lipinski definition) is 5. The van der Waals surface area contributed by atoms with Crippen molar-refractivity contribution in [1.29, 1.82) is 0 Å². The number of phenols is 1. The van der Waals surface area contributed by atoms with Crippen LogP contribution >= 0.6 is 0 Å². The van der Waals surface area contributed by atoms with Crippen LogP contribution in [0.4, 0.5) is 0 Å². The fourth-order valence-electron chi connectivity index (χ4n) is 5.79. The smallest absolute Gasteiger partial charge is 0.246 e. The topological polar surface area (TPSA) is 79.3 Å². The number of amides is 2. The molecule has 0 spiro atoms. The van der Waals surface area contributed by atoms with Crippen molar-refractivity contribution in [3.8, 4) is 11.5 Å². The molecular weight excluding hydrogens is 540 g/mol. The third-order valence-electron chi connectivity index (χ3n) is 8.23. The van der Waals surface area contributed by atoms with E-state index in [0.29, 0.717) is 11.7 Å². The first-order valence-electron chi connectivity index (χ1n) is 16.1. The molecule has 0 radical (unpaired) electrons. The van der Waals surface area contributed by atoms with E-state index in [1.54, 1.807) is 36.4 Å². The fraction of sp³-hybridized carbons (Fsp3) is 0.500. The summed E-state index contributed by atoms with van der Waals surface area (Å²) in [5.74, 6) is 1.09. The summed E-state index contributed by atoms with van der Waals surface area (Å²) in [5, 5.41) is 9.56. The predicted molar refractivity (Wildman–Crippen MR) is 172 cm³/mol. The van der Waals surface area contributed by atoms with Gasteiger partial charge < -0.3 is 24.4 Å². The number of rotatable bonds is 8. The molecule has 2 heterocycles. The minimum Gasteiger partial charge on any atom is -0.507 e. The van der Waals surface area contributed by atoms with Gasteiger partial charge in [-0.15, -0.1) is 0 Å². The summed E-state index contributed by atoms with van der Waals surface area (Å²) in [7, 11) is 0. The Labute approximate surface area is 257 Å². The standard InChI is InChI=1S/C22H31NO3.C14H17NO2/c1-18(25-20-11-4-2-5-12-20)26-21-13-7-6-10-19(21)14-15-22(24)23-16-8-3-9-17-23;16-13-7-3-2-6-12(13)8-9-14(17)15-10-4-1-5-11-15/h6-7,10,13-15,18,20H,2-5,8-9,11-12,16-17H2,1H3;2-3,6-9,16H,1,4-5,10-11H2/b15-14+;9-8+. The van der Waals surface area contributed by atoms with Crippen LogP contribution in [0.3, 0.4) is 0 Å². The maximum Gasteiger partial charge on any atom is 0.246 e. The minimum atomic E-state index is -0.287. The summed E-state index contributed by atoms with van der Waals surface area (Å²) in [4.78, 5) is 28.0. The summed E-state index contributed by atoms with van der Waals surface area (Å²) in [5.41, 5.74) is 1.59. The number of piperidine rings is 2. The van der Waals surface area contributed by atoms with Gasteiger partial charge in [-0.3, -0.25) is 9.59 Å². The van der Waals surface area contributed by atoms with E-state index in [4.69, 9.17) is 9.47 Å². The van der Waals surface area contributed by atoms with Crippen LogP contribution in [0.5, 0.6) is 11.5 Å². The lowest BCUT2D eigenvalue weighted by molar-refractivity contribution is -0.127. The van der Waals surface area contributed by atoms with E-state index in [2.05, 4.69) is 0 Å². The molecule has 1 N–H and O–H groups in total.